The highest BCUT2D eigenvalue weighted by Crippen LogP contribution is 2.25. The molecule has 4 heteroatoms. The molecule has 0 saturated carbocycles. The average molecular weight is 262 g/mol. The van der Waals surface area contributed by atoms with E-state index in [-0.39, 0.29) is 0 Å². The Labute approximate surface area is 117 Å². The van der Waals surface area contributed by atoms with Crippen LogP contribution >= 0.6 is 0 Å². The first kappa shape index (κ1) is 12.4. The fourth-order valence-electron chi connectivity index (χ4n) is 2.30. The van der Waals surface area contributed by atoms with Gasteiger partial charge in [-0.1, -0.05) is 18.1 Å². The third kappa shape index (κ3) is 1.94. The number of aryl methyl sites for hydroxylation is 1. The molecule has 0 aliphatic heterocycles. The van der Waals surface area contributed by atoms with Crippen LogP contribution in [0.5, 0.6) is 0 Å². The van der Waals surface area contributed by atoms with Crippen LogP contribution in [0.4, 0.5) is 0 Å². The van der Waals surface area contributed by atoms with E-state index in [4.69, 9.17) is 12.2 Å². The van der Waals surface area contributed by atoms with Crippen molar-refractivity contribution in [2.75, 3.05) is 0 Å². The monoisotopic (exact) mass is 262 g/mol. The van der Waals surface area contributed by atoms with E-state index < -0.39 is 0 Å². The largest absolute Gasteiger partial charge is 0.326 e. The van der Waals surface area contributed by atoms with E-state index >= 15 is 0 Å². The highest BCUT2D eigenvalue weighted by atomic mass is 15.2. The van der Waals surface area contributed by atoms with Crippen LogP contribution < -0.4 is 5.73 Å². The topological polar surface area (TPSA) is 56.2 Å². The molecule has 0 aliphatic carbocycles. The Hall–Kier alpha value is -2.64. The van der Waals surface area contributed by atoms with Crippen molar-refractivity contribution in [2.24, 2.45) is 5.73 Å². The molecule has 3 aromatic rings. The van der Waals surface area contributed by atoms with E-state index in [0.29, 0.717) is 6.54 Å². The summed E-state index contributed by atoms with van der Waals surface area (Å²) in [6, 6.07) is 8.07. The zero-order chi connectivity index (χ0) is 14.1. The van der Waals surface area contributed by atoms with Gasteiger partial charge >= 0.3 is 0 Å². The zero-order valence-electron chi connectivity index (χ0n) is 11.2. The second-order valence-electron chi connectivity index (χ2n) is 4.66. The van der Waals surface area contributed by atoms with Crippen LogP contribution in [0.2, 0.25) is 0 Å². The van der Waals surface area contributed by atoms with Crippen molar-refractivity contribution in [2.45, 2.75) is 13.5 Å². The van der Waals surface area contributed by atoms with Crippen molar-refractivity contribution < 1.29 is 0 Å². The molecule has 0 amide bonds. The number of benzene rings is 1. The summed E-state index contributed by atoms with van der Waals surface area (Å²) in [5, 5.41) is 4.18. The average Bonchev–Trinajstić information content (AvgIpc) is 2.90. The molecule has 20 heavy (non-hydrogen) atoms. The molecule has 0 bridgehead atoms. The van der Waals surface area contributed by atoms with Gasteiger partial charge in [-0.05, 0) is 30.2 Å². The molecular weight excluding hydrogens is 248 g/mol. The fraction of sp³-hybridized carbons (Fsp3) is 0.125. The minimum Gasteiger partial charge on any atom is -0.326 e. The standard InChI is InChI=1S/C16H14N4/c1-3-12-7-15-16(18-10-19-20(15)9-12)13-4-5-14(8-17)11(2)6-13/h1,4-7,9-10H,8,17H2,2H3. The molecule has 2 heterocycles. The third-order valence-corrected chi connectivity index (χ3v) is 3.41. The summed E-state index contributed by atoms with van der Waals surface area (Å²) >= 11 is 0. The van der Waals surface area contributed by atoms with Gasteiger partial charge in [0.1, 0.15) is 6.33 Å². The number of nitrogens with zero attached hydrogens (tertiary/aromatic N) is 3. The lowest BCUT2D eigenvalue weighted by Crippen LogP contribution is -2.00. The van der Waals surface area contributed by atoms with Crippen LogP contribution in [0.25, 0.3) is 16.8 Å². The molecule has 0 atom stereocenters. The first-order chi connectivity index (χ1) is 9.72. The molecule has 0 unspecified atom stereocenters. The van der Waals surface area contributed by atoms with Crippen molar-refractivity contribution in [1.29, 1.82) is 0 Å². The SMILES string of the molecule is C#Cc1cc2c(-c3ccc(CN)c(C)c3)ncnn2c1. The van der Waals surface area contributed by atoms with Crippen LogP contribution in [-0.2, 0) is 6.54 Å². The second kappa shape index (κ2) is 4.80. The first-order valence-corrected chi connectivity index (χ1v) is 6.33. The van der Waals surface area contributed by atoms with Gasteiger partial charge in [-0.25, -0.2) is 9.50 Å². The van der Waals surface area contributed by atoms with Crippen LogP contribution in [0, 0.1) is 19.3 Å². The smallest absolute Gasteiger partial charge is 0.137 e. The van der Waals surface area contributed by atoms with E-state index in [1.165, 1.54) is 6.33 Å². The number of nitrogens with two attached hydrogens (primary N) is 1. The Morgan fingerprint density at radius 1 is 1.35 bits per heavy atom. The number of hydrogen-bond donors (Lipinski definition) is 1. The van der Waals surface area contributed by atoms with Crippen LogP contribution in [0.15, 0.2) is 36.8 Å². The first-order valence-electron chi connectivity index (χ1n) is 6.33. The van der Waals surface area contributed by atoms with Crippen molar-refractivity contribution in [1.82, 2.24) is 14.6 Å². The Kier molecular flexibility index (Phi) is 2.97. The molecular formula is C16H14N4. The predicted molar refractivity (Wildman–Crippen MR) is 79.0 cm³/mol. The lowest BCUT2D eigenvalue weighted by Gasteiger charge is -2.07. The molecule has 0 aliphatic rings. The molecule has 0 fully saturated rings. The molecule has 0 radical (unpaired) electrons. The van der Waals surface area contributed by atoms with Gasteiger partial charge in [0.2, 0.25) is 0 Å². The molecule has 3 rings (SSSR count). The molecule has 2 N–H and O–H groups in total. The van der Waals surface area contributed by atoms with Crippen LogP contribution in [0.1, 0.15) is 16.7 Å². The van der Waals surface area contributed by atoms with Gasteiger partial charge in [-0.3, -0.25) is 0 Å². The predicted octanol–water partition coefficient (Wildman–Crippen LogP) is 2.14. The van der Waals surface area contributed by atoms with Crippen LogP contribution in [0.3, 0.4) is 0 Å². The van der Waals surface area contributed by atoms with Gasteiger partial charge in [-0.15, -0.1) is 6.42 Å². The quantitative estimate of drug-likeness (QED) is 0.720. The maximum atomic E-state index is 5.70. The Morgan fingerprint density at radius 2 is 2.20 bits per heavy atom. The van der Waals surface area contributed by atoms with Crippen molar-refractivity contribution in [3.63, 3.8) is 0 Å². The Balaban J connectivity index is 2.21. The maximum absolute atomic E-state index is 5.70. The molecule has 0 spiro atoms. The Bertz CT molecular complexity index is 824. The number of rotatable bonds is 2. The van der Waals surface area contributed by atoms with Crippen LogP contribution in [-0.4, -0.2) is 14.6 Å². The molecule has 2 aromatic heterocycles. The highest BCUT2D eigenvalue weighted by molar-refractivity contribution is 5.78. The second-order valence-corrected chi connectivity index (χ2v) is 4.66. The van der Waals surface area contributed by atoms with E-state index in [0.717, 1.165) is 33.5 Å². The normalized spacial score (nSPS) is 10.7. The van der Waals surface area contributed by atoms with Crippen molar-refractivity contribution >= 4 is 5.52 Å². The summed E-state index contributed by atoms with van der Waals surface area (Å²) in [5.41, 5.74) is 11.6. The number of terminal acetylenes is 1. The van der Waals surface area contributed by atoms with Gasteiger partial charge in [-0.2, -0.15) is 5.10 Å². The molecule has 1 aromatic carbocycles. The van der Waals surface area contributed by atoms with E-state index in [1.54, 1.807) is 4.52 Å². The molecule has 0 saturated heterocycles. The number of hydrogen-bond acceptors (Lipinski definition) is 3. The third-order valence-electron chi connectivity index (χ3n) is 3.41. The van der Waals surface area contributed by atoms with Gasteiger partial charge in [0.05, 0.1) is 11.2 Å². The highest BCUT2D eigenvalue weighted by Gasteiger charge is 2.09. The van der Waals surface area contributed by atoms with Gasteiger partial charge in [0.15, 0.2) is 0 Å². The van der Waals surface area contributed by atoms with Gasteiger partial charge in [0.25, 0.3) is 0 Å². The zero-order valence-corrected chi connectivity index (χ0v) is 11.2. The summed E-state index contributed by atoms with van der Waals surface area (Å²) in [6.45, 7) is 2.59. The van der Waals surface area contributed by atoms with E-state index in [9.17, 15) is 0 Å². The van der Waals surface area contributed by atoms with Crippen molar-refractivity contribution in [3.8, 4) is 23.6 Å². The van der Waals surface area contributed by atoms with E-state index in [1.807, 2.05) is 24.4 Å². The molecule has 98 valence electrons. The summed E-state index contributed by atoms with van der Waals surface area (Å²) in [5.74, 6) is 2.62. The number of fused-ring (bicyclic) bond motifs is 1. The van der Waals surface area contributed by atoms with Gasteiger partial charge < -0.3 is 5.73 Å². The number of aromatic nitrogens is 3. The minimum absolute atomic E-state index is 0.539. The lowest BCUT2D eigenvalue weighted by atomic mass is 10.0. The Morgan fingerprint density at radius 3 is 2.90 bits per heavy atom. The van der Waals surface area contributed by atoms with Crippen molar-refractivity contribution in [3.05, 3.63) is 53.5 Å². The van der Waals surface area contributed by atoms with E-state index in [2.05, 4.69) is 29.0 Å². The molecule has 4 nitrogen and oxygen atoms in total. The summed E-state index contributed by atoms with van der Waals surface area (Å²) in [7, 11) is 0. The summed E-state index contributed by atoms with van der Waals surface area (Å²) < 4.78 is 1.75. The van der Waals surface area contributed by atoms with Gasteiger partial charge in [0, 0.05) is 23.9 Å². The lowest BCUT2D eigenvalue weighted by molar-refractivity contribution is 0.905. The maximum Gasteiger partial charge on any atom is 0.137 e. The summed E-state index contributed by atoms with van der Waals surface area (Å²) in [6.07, 6.45) is 8.80. The minimum atomic E-state index is 0.539. The fourth-order valence-corrected chi connectivity index (χ4v) is 2.30. The summed E-state index contributed by atoms with van der Waals surface area (Å²) in [4.78, 5) is 4.39.